The molecule has 0 bridgehead atoms. The van der Waals surface area contributed by atoms with Crippen LogP contribution in [0, 0.1) is 6.92 Å². The molecule has 1 rings (SSSR count). The summed E-state index contributed by atoms with van der Waals surface area (Å²) in [5.41, 5.74) is 6.74. The number of carboxylic acids is 1. The van der Waals surface area contributed by atoms with E-state index in [0.717, 1.165) is 5.69 Å². The number of nitrogens with zero attached hydrogens (tertiary/aromatic N) is 2. The minimum Gasteiger partial charge on any atom is -0.480 e. The van der Waals surface area contributed by atoms with Crippen molar-refractivity contribution in [3.05, 3.63) is 17.5 Å². The summed E-state index contributed by atoms with van der Waals surface area (Å²) in [6.07, 6.45) is 1.48. The van der Waals surface area contributed by atoms with Gasteiger partial charge in [-0.2, -0.15) is 5.10 Å². The molecule has 0 aliphatic heterocycles. The summed E-state index contributed by atoms with van der Waals surface area (Å²) >= 11 is 0. The van der Waals surface area contributed by atoms with E-state index in [9.17, 15) is 4.79 Å². The molecule has 12 heavy (non-hydrogen) atoms. The lowest BCUT2D eigenvalue weighted by Crippen LogP contribution is -2.21. The van der Waals surface area contributed by atoms with Crippen molar-refractivity contribution in [2.24, 2.45) is 12.8 Å². The number of carboxylic acid groups (broad SMARTS) is 1. The Kier molecular flexibility index (Phi) is 2.14. The van der Waals surface area contributed by atoms with E-state index in [1.165, 1.54) is 6.20 Å². The van der Waals surface area contributed by atoms with E-state index < -0.39 is 12.0 Å². The molecule has 0 aliphatic rings. The molecule has 1 unspecified atom stereocenters. The third-order valence-electron chi connectivity index (χ3n) is 1.87. The monoisotopic (exact) mass is 169 g/mol. The predicted octanol–water partition coefficient (Wildman–Crippen LogP) is -0.187. The van der Waals surface area contributed by atoms with Gasteiger partial charge in [-0.1, -0.05) is 0 Å². The Morgan fingerprint density at radius 2 is 2.42 bits per heavy atom. The molecule has 5 nitrogen and oxygen atoms in total. The molecule has 0 radical (unpaired) electrons. The van der Waals surface area contributed by atoms with Gasteiger partial charge in [0, 0.05) is 18.3 Å². The van der Waals surface area contributed by atoms with Crippen molar-refractivity contribution in [2.45, 2.75) is 13.0 Å². The summed E-state index contributed by atoms with van der Waals surface area (Å²) in [6, 6.07) is -0.973. The van der Waals surface area contributed by atoms with Crippen molar-refractivity contribution in [1.29, 1.82) is 0 Å². The fourth-order valence-corrected chi connectivity index (χ4v) is 0.954. The first-order valence-corrected chi connectivity index (χ1v) is 3.51. The maximum Gasteiger partial charge on any atom is 0.325 e. The second-order valence-electron chi connectivity index (χ2n) is 2.62. The quantitative estimate of drug-likeness (QED) is 0.643. The van der Waals surface area contributed by atoms with Crippen molar-refractivity contribution in [3.8, 4) is 0 Å². The predicted molar refractivity (Wildman–Crippen MR) is 42.5 cm³/mol. The molecule has 0 spiro atoms. The van der Waals surface area contributed by atoms with Crippen molar-refractivity contribution in [1.82, 2.24) is 9.78 Å². The SMILES string of the molecule is Cc1c(C(N)C(=O)O)cnn1C. The topological polar surface area (TPSA) is 81.1 Å². The van der Waals surface area contributed by atoms with Gasteiger partial charge in [0.2, 0.25) is 0 Å². The first-order chi connectivity index (χ1) is 5.54. The molecule has 66 valence electrons. The number of nitrogens with two attached hydrogens (primary N) is 1. The van der Waals surface area contributed by atoms with Gasteiger partial charge in [-0.25, -0.2) is 0 Å². The van der Waals surface area contributed by atoms with Crippen molar-refractivity contribution < 1.29 is 9.90 Å². The molecular weight excluding hydrogens is 158 g/mol. The van der Waals surface area contributed by atoms with E-state index in [4.69, 9.17) is 10.8 Å². The number of rotatable bonds is 2. The zero-order chi connectivity index (χ0) is 9.30. The van der Waals surface area contributed by atoms with Gasteiger partial charge >= 0.3 is 5.97 Å². The standard InChI is InChI=1S/C7H11N3O2/c1-4-5(3-9-10(4)2)6(8)7(11)12/h3,6H,8H2,1-2H3,(H,11,12). The Bertz CT molecular complexity index is 306. The Morgan fingerprint density at radius 3 is 2.75 bits per heavy atom. The fraction of sp³-hybridized carbons (Fsp3) is 0.429. The van der Waals surface area contributed by atoms with E-state index >= 15 is 0 Å². The third-order valence-corrected chi connectivity index (χ3v) is 1.87. The van der Waals surface area contributed by atoms with Crippen LogP contribution in [0.1, 0.15) is 17.3 Å². The van der Waals surface area contributed by atoms with E-state index in [1.54, 1.807) is 18.7 Å². The van der Waals surface area contributed by atoms with Crippen LogP contribution in [-0.4, -0.2) is 20.9 Å². The van der Waals surface area contributed by atoms with Crippen molar-refractivity contribution >= 4 is 5.97 Å². The van der Waals surface area contributed by atoms with Gasteiger partial charge in [0.25, 0.3) is 0 Å². The molecular formula is C7H11N3O2. The molecule has 0 aliphatic carbocycles. The van der Waals surface area contributed by atoms with Gasteiger partial charge in [-0.05, 0) is 6.92 Å². The summed E-state index contributed by atoms with van der Waals surface area (Å²) in [5, 5.41) is 12.5. The Morgan fingerprint density at radius 1 is 1.83 bits per heavy atom. The van der Waals surface area contributed by atoms with Gasteiger partial charge in [0.1, 0.15) is 6.04 Å². The number of hydrogen-bond donors (Lipinski definition) is 2. The van der Waals surface area contributed by atoms with Gasteiger partial charge in [-0.3, -0.25) is 9.48 Å². The van der Waals surface area contributed by atoms with Gasteiger partial charge < -0.3 is 10.8 Å². The number of hydrogen-bond acceptors (Lipinski definition) is 3. The summed E-state index contributed by atoms with van der Waals surface area (Å²) in [6.45, 7) is 1.78. The van der Waals surface area contributed by atoms with Crippen LogP contribution in [-0.2, 0) is 11.8 Å². The van der Waals surface area contributed by atoms with Crippen molar-refractivity contribution in [3.63, 3.8) is 0 Å². The molecule has 0 fully saturated rings. The number of aryl methyl sites for hydroxylation is 1. The first kappa shape index (κ1) is 8.73. The van der Waals surface area contributed by atoms with Crippen LogP contribution >= 0.6 is 0 Å². The largest absolute Gasteiger partial charge is 0.480 e. The van der Waals surface area contributed by atoms with Crippen LogP contribution in [0.15, 0.2) is 6.20 Å². The summed E-state index contributed by atoms with van der Waals surface area (Å²) in [7, 11) is 1.74. The Labute approximate surface area is 69.8 Å². The maximum atomic E-state index is 10.5. The van der Waals surface area contributed by atoms with E-state index in [0.29, 0.717) is 5.56 Å². The Hall–Kier alpha value is -1.36. The zero-order valence-corrected chi connectivity index (χ0v) is 6.98. The average molecular weight is 169 g/mol. The minimum absolute atomic E-state index is 0.560. The zero-order valence-electron chi connectivity index (χ0n) is 6.98. The van der Waals surface area contributed by atoms with Crippen LogP contribution in [0.2, 0.25) is 0 Å². The van der Waals surface area contributed by atoms with Crippen LogP contribution in [0.3, 0.4) is 0 Å². The Balaban J connectivity index is 3.03. The van der Waals surface area contributed by atoms with E-state index in [-0.39, 0.29) is 0 Å². The highest BCUT2D eigenvalue weighted by atomic mass is 16.4. The van der Waals surface area contributed by atoms with Crippen LogP contribution in [0.5, 0.6) is 0 Å². The highest BCUT2D eigenvalue weighted by Crippen LogP contribution is 2.13. The molecule has 0 saturated heterocycles. The second kappa shape index (κ2) is 2.94. The lowest BCUT2D eigenvalue weighted by atomic mass is 10.1. The molecule has 1 aromatic heterocycles. The maximum absolute atomic E-state index is 10.5. The van der Waals surface area contributed by atoms with E-state index in [2.05, 4.69) is 5.10 Å². The normalized spacial score (nSPS) is 12.9. The molecule has 1 aromatic rings. The van der Waals surface area contributed by atoms with Crippen LogP contribution < -0.4 is 5.73 Å². The average Bonchev–Trinajstić information content (AvgIpc) is 2.32. The van der Waals surface area contributed by atoms with Gasteiger partial charge in [0.15, 0.2) is 0 Å². The minimum atomic E-state index is -1.04. The lowest BCUT2D eigenvalue weighted by Gasteiger charge is -2.04. The summed E-state index contributed by atoms with van der Waals surface area (Å²) in [5.74, 6) is -1.04. The summed E-state index contributed by atoms with van der Waals surface area (Å²) in [4.78, 5) is 10.5. The van der Waals surface area contributed by atoms with E-state index in [1.807, 2.05) is 0 Å². The molecule has 0 saturated carbocycles. The molecule has 0 amide bonds. The molecule has 1 heterocycles. The van der Waals surface area contributed by atoms with Crippen LogP contribution in [0.25, 0.3) is 0 Å². The van der Waals surface area contributed by atoms with Crippen LogP contribution in [0.4, 0.5) is 0 Å². The van der Waals surface area contributed by atoms with Gasteiger partial charge in [-0.15, -0.1) is 0 Å². The third kappa shape index (κ3) is 1.31. The smallest absolute Gasteiger partial charge is 0.325 e. The van der Waals surface area contributed by atoms with Gasteiger partial charge in [0.05, 0.1) is 6.20 Å². The highest BCUT2D eigenvalue weighted by molar-refractivity contribution is 5.75. The number of aromatic nitrogens is 2. The first-order valence-electron chi connectivity index (χ1n) is 3.51. The highest BCUT2D eigenvalue weighted by Gasteiger charge is 2.18. The molecule has 3 N–H and O–H groups in total. The van der Waals surface area contributed by atoms with Crippen molar-refractivity contribution in [2.75, 3.05) is 0 Å². The molecule has 5 heteroatoms. The second-order valence-corrected chi connectivity index (χ2v) is 2.62. The molecule has 1 atom stereocenters. The fourth-order valence-electron chi connectivity index (χ4n) is 0.954. The summed E-state index contributed by atoms with van der Waals surface area (Å²) < 4.78 is 1.60. The molecule has 0 aromatic carbocycles. The number of aliphatic carboxylic acids is 1. The lowest BCUT2D eigenvalue weighted by molar-refractivity contribution is -0.138. The number of carbonyl (C=O) groups is 1.